The average molecular weight is 755 g/mol. The van der Waals surface area contributed by atoms with Crippen molar-refractivity contribution in [1.82, 2.24) is 25.9 Å². The van der Waals surface area contributed by atoms with Crippen molar-refractivity contribution in [2.24, 2.45) is 5.92 Å². The number of H-pyrrole nitrogens is 1. The fourth-order valence-corrected chi connectivity index (χ4v) is 5.46. The van der Waals surface area contributed by atoms with E-state index in [1.54, 1.807) is 0 Å². The molecule has 4 rings (SSSR count). The Labute approximate surface area is 290 Å². The number of anilines is 2. The SMILES string of the molecule is COc1cc2nc(Nc3cc(CNC(=O)C(NC(=O)OC(C)(C)C)C(F)(F)F)ccc3C(F)(F)F)[nH]c2cc1C(=O)NC1CCC(C(F)(F)F)CC1. The number of aromatic amines is 1. The summed E-state index contributed by atoms with van der Waals surface area (Å²) in [7, 11) is 1.25. The van der Waals surface area contributed by atoms with Gasteiger partial charge in [0.05, 0.1) is 40.9 Å². The first-order chi connectivity index (χ1) is 23.9. The fourth-order valence-electron chi connectivity index (χ4n) is 5.46. The van der Waals surface area contributed by atoms with E-state index in [1.807, 2.05) is 5.32 Å². The summed E-state index contributed by atoms with van der Waals surface area (Å²) in [6.45, 7) is 3.50. The number of amides is 3. The number of rotatable bonds is 9. The van der Waals surface area contributed by atoms with Gasteiger partial charge < -0.3 is 35.7 Å². The minimum Gasteiger partial charge on any atom is -0.496 e. The van der Waals surface area contributed by atoms with Crippen LogP contribution in [0.1, 0.15) is 67.9 Å². The maximum absolute atomic E-state index is 14.0. The highest BCUT2D eigenvalue weighted by Gasteiger charge is 2.47. The molecule has 1 saturated carbocycles. The third kappa shape index (κ3) is 10.3. The zero-order chi connectivity index (χ0) is 38.8. The van der Waals surface area contributed by atoms with Crippen LogP contribution in [0.5, 0.6) is 5.75 Å². The van der Waals surface area contributed by atoms with Crippen LogP contribution in [-0.2, 0) is 22.3 Å². The first kappa shape index (κ1) is 39.9. The number of nitrogens with one attached hydrogen (secondary N) is 5. The van der Waals surface area contributed by atoms with Crippen molar-refractivity contribution in [3.05, 3.63) is 47.0 Å². The molecule has 3 amide bonds. The second-order valence-electron chi connectivity index (χ2n) is 13.1. The number of aromatic nitrogens is 2. The van der Waals surface area contributed by atoms with Gasteiger partial charge in [0.1, 0.15) is 11.4 Å². The van der Waals surface area contributed by atoms with Gasteiger partial charge in [0, 0.05) is 18.7 Å². The number of carbonyl (C=O) groups excluding carboxylic acids is 3. The molecule has 1 atom stereocenters. The molecule has 5 N–H and O–H groups in total. The van der Waals surface area contributed by atoms with Crippen LogP contribution >= 0.6 is 0 Å². The molecule has 1 unspecified atom stereocenters. The van der Waals surface area contributed by atoms with E-state index in [-0.39, 0.29) is 59.5 Å². The molecular weight excluding hydrogens is 719 g/mol. The molecule has 1 aliphatic carbocycles. The zero-order valence-electron chi connectivity index (χ0n) is 28.0. The van der Waals surface area contributed by atoms with E-state index < -0.39 is 77.8 Å². The van der Waals surface area contributed by atoms with Crippen LogP contribution in [0, 0.1) is 5.92 Å². The predicted octanol–water partition coefficient (Wildman–Crippen LogP) is 7.26. The Balaban J connectivity index is 1.52. The Morgan fingerprint density at radius 1 is 0.942 bits per heavy atom. The number of hydrogen-bond donors (Lipinski definition) is 5. The molecular formula is C32H35F9N6O5. The number of benzene rings is 2. The Morgan fingerprint density at radius 3 is 2.15 bits per heavy atom. The second kappa shape index (κ2) is 15.0. The van der Waals surface area contributed by atoms with Crippen LogP contribution in [0.15, 0.2) is 30.3 Å². The number of hydrogen-bond acceptors (Lipinski definition) is 7. The van der Waals surface area contributed by atoms with Gasteiger partial charge in [-0.05, 0) is 70.2 Å². The Hall–Kier alpha value is -4.91. The van der Waals surface area contributed by atoms with Crippen LogP contribution in [0.25, 0.3) is 11.0 Å². The van der Waals surface area contributed by atoms with Gasteiger partial charge in [-0.15, -0.1) is 0 Å². The van der Waals surface area contributed by atoms with E-state index in [0.717, 1.165) is 12.1 Å². The highest BCUT2D eigenvalue weighted by Crippen LogP contribution is 2.39. The number of carbonyl (C=O) groups is 3. The van der Waals surface area contributed by atoms with Gasteiger partial charge >= 0.3 is 24.6 Å². The Kier molecular flexibility index (Phi) is 11.5. The predicted molar refractivity (Wildman–Crippen MR) is 168 cm³/mol. The number of methoxy groups -OCH3 is 1. The molecule has 0 saturated heterocycles. The lowest BCUT2D eigenvalue weighted by Crippen LogP contribution is -2.55. The summed E-state index contributed by atoms with van der Waals surface area (Å²) in [6, 6.07) is 1.57. The van der Waals surface area contributed by atoms with Crippen LogP contribution < -0.4 is 26.0 Å². The van der Waals surface area contributed by atoms with E-state index in [1.165, 1.54) is 45.3 Å². The average Bonchev–Trinajstić information content (AvgIpc) is 3.40. The largest absolute Gasteiger partial charge is 0.496 e. The molecule has 1 aliphatic rings. The minimum atomic E-state index is -5.24. The summed E-state index contributed by atoms with van der Waals surface area (Å²) in [5.74, 6) is -4.02. The maximum atomic E-state index is 14.0. The first-order valence-corrected chi connectivity index (χ1v) is 15.7. The minimum absolute atomic E-state index is 0.0183. The van der Waals surface area contributed by atoms with E-state index in [2.05, 4.69) is 20.6 Å². The van der Waals surface area contributed by atoms with Gasteiger partial charge in [0.15, 0.2) is 0 Å². The summed E-state index contributed by atoms with van der Waals surface area (Å²) >= 11 is 0. The highest BCUT2D eigenvalue weighted by atomic mass is 19.4. The molecule has 1 heterocycles. The molecule has 1 fully saturated rings. The summed E-state index contributed by atoms with van der Waals surface area (Å²) in [5.41, 5.74) is -2.74. The maximum Gasteiger partial charge on any atom is 0.418 e. The molecule has 0 bridgehead atoms. The van der Waals surface area contributed by atoms with Crippen LogP contribution in [-0.4, -0.2) is 65.0 Å². The quantitative estimate of drug-likeness (QED) is 0.145. The lowest BCUT2D eigenvalue weighted by molar-refractivity contribution is -0.182. The molecule has 1 aromatic heterocycles. The Morgan fingerprint density at radius 2 is 1.60 bits per heavy atom. The standard InChI is InChI=1S/C32H35F9N6O5/c1-29(2,3)52-28(50)47-24(32(39,40)41)26(49)42-14-15-5-10-19(31(36,37)38)20(11-15)44-27-45-21-12-18(23(51-4)13-22(21)46-27)25(48)43-17-8-6-16(7-9-17)30(33,34)35/h5,10-13,16-17,24H,6-9,14H2,1-4H3,(H,42,49)(H,43,48)(H,47,50)(H2,44,45,46). The number of fused-ring (bicyclic) bond motifs is 1. The van der Waals surface area contributed by atoms with Crippen LogP contribution in [0.2, 0.25) is 0 Å². The molecule has 52 heavy (non-hydrogen) atoms. The van der Waals surface area contributed by atoms with E-state index >= 15 is 0 Å². The van der Waals surface area contributed by atoms with Crippen molar-refractivity contribution in [2.75, 3.05) is 12.4 Å². The molecule has 2 aromatic carbocycles. The summed E-state index contributed by atoms with van der Waals surface area (Å²) in [4.78, 5) is 44.4. The summed E-state index contributed by atoms with van der Waals surface area (Å²) in [5, 5.41) is 8.56. The molecule has 0 radical (unpaired) electrons. The summed E-state index contributed by atoms with van der Waals surface area (Å²) < 4.78 is 132. The van der Waals surface area contributed by atoms with Crippen molar-refractivity contribution < 1.29 is 63.4 Å². The third-order valence-corrected chi connectivity index (χ3v) is 7.93. The number of nitrogens with zero attached hydrogens (tertiary/aromatic N) is 1. The molecule has 0 aliphatic heterocycles. The van der Waals surface area contributed by atoms with E-state index in [4.69, 9.17) is 9.47 Å². The lowest BCUT2D eigenvalue weighted by Gasteiger charge is -2.30. The molecule has 0 spiro atoms. The first-order valence-electron chi connectivity index (χ1n) is 15.7. The van der Waals surface area contributed by atoms with Crippen molar-refractivity contribution >= 4 is 40.6 Å². The fraction of sp³-hybridized carbons (Fsp3) is 0.500. The third-order valence-electron chi connectivity index (χ3n) is 7.93. The smallest absolute Gasteiger partial charge is 0.418 e. The van der Waals surface area contributed by atoms with E-state index in [0.29, 0.717) is 6.07 Å². The monoisotopic (exact) mass is 754 g/mol. The van der Waals surface area contributed by atoms with Crippen molar-refractivity contribution in [3.63, 3.8) is 0 Å². The van der Waals surface area contributed by atoms with Crippen molar-refractivity contribution in [1.29, 1.82) is 0 Å². The van der Waals surface area contributed by atoms with Gasteiger partial charge in [-0.1, -0.05) is 6.07 Å². The second-order valence-corrected chi connectivity index (χ2v) is 13.1. The lowest BCUT2D eigenvalue weighted by atomic mass is 9.85. The van der Waals surface area contributed by atoms with Gasteiger partial charge in [-0.25, -0.2) is 9.78 Å². The zero-order valence-corrected chi connectivity index (χ0v) is 28.0. The van der Waals surface area contributed by atoms with Crippen molar-refractivity contribution in [2.45, 2.75) is 89.2 Å². The number of imidazole rings is 1. The van der Waals surface area contributed by atoms with Gasteiger partial charge in [-0.2, -0.15) is 39.5 Å². The van der Waals surface area contributed by atoms with Gasteiger partial charge in [0.2, 0.25) is 12.0 Å². The normalized spacial score (nSPS) is 17.6. The Bertz CT molecular complexity index is 1780. The molecule has 286 valence electrons. The molecule has 11 nitrogen and oxygen atoms in total. The molecule has 20 heteroatoms. The topological polar surface area (TPSA) is 146 Å². The van der Waals surface area contributed by atoms with Gasteiger partial charge in [0.25, 0.3) is 11.8 Å². The number of alkyl carbamates (subject to hydrolysis) is 1. The van der Waals surface area contributed by atoms with Crippen LogP contribution in [0.4, 0.5) is 55.9 Å². The molecule has 3 aromatic rings. The highest BCUT2D eigenvalue weighted by molar-refractivity contribution is 6.01. The van der Waals surface area contributed by atoms with Gasteiger partial charge in [-0.3, -0.25) is 9.59 Å². The van der Waals surface area contributed by atoms with Crippen molar-refractivity contribution in [3.8, 4) is 5.75 Å². The van der Waals surface area contributed by atoms with E-state index in [9.17, 15) is 53.9 Å². The van der Waals surface area contributed by atoms with Crippen LogP contribution in [0.3, 0.4) is 0 Å². The number of ether oxygens (including phenoxy) is 2. The number of halogens is 9. The number of alkyl halides is 9. The summed E-state index contributed by atoms with van der Waals surface area (Å²) in [6.07, 6.45) is -16.1.